The number of ether oxygens (including phenoxy) is 2. The van der Waals surface area contributed by atoms with Crippen LogP contribution < -0.4 is 14.8 Å². The molecule has 1 unspecified atom stereocenters. The predicted molar refractivity (Wildman–Crippen MR) is 131 cm³/mol. The first-order valence-corrected chi connectivity index (χ1v) is 11.9. The highest BCUT2D eigenvalue weighted by atomic mass is 16.5. The zero-order valence-corrected chi connectivity index (χ0v) is 20.0. The molecule has 3 saturated heterocycles. The Morgan fingerprint density at radius 3 is 2.59 bits per heavy atom. The molecule has 3 aliphatic heterocycles. The molecule has 7 heteroatoms. The molecule has 0 aliphatic carbocycles. The summed E-state index contributed by atoms with van der Waals surface area (Å²) in [5.74, 6) is 2.46. The highest BCUT2D eigenvalue weighted by Gasteiger charge is 2.41. The molecule has 0 saturated carbocycles. The van der Waals surface area contributed by atoms with Gasteiger partial charge in [-0.1, -0.05) is 18.2 Å². The summed E-state index contributed by atoms with van der Waals surface area (Å²) in [5.41, 5.74) is 3.95. The van der Waals surface area contributed by atoms with E-state index in [1.165, 1.54) is 12.1 Å². The normalized spacial score (nSPS) is 23.5. The number of rotatable bonds is 7. The Labute approximate surface area is 200 Å². The van der Waals surface area contributed by atoms with E-state index < -0.39 is 0 Å². The third-order valence-corrected chi connectivity index (χ3v) is 7.39. The summed E-state index contributed by atoms with van der Waals surface area (Å²) in [7, 11) is 5.33. The van der Waals surface area contributed by atoms with Crippen LogP contribution in [0.1, 0.15) is 34.8 Å². The van der Waals surface area contributed by atoms with Gasteiger partial charge in [0, 0.05) is 48.9 Å². The van der Waals surface area contributed by atoms with E-state index in [2.05, 4.69) is 16.3 Å². The van der Waals surface area contributed by atoms with Gasteiger partial charge >= 0.3 is 0 Å². The number of piperidine rings is 3. The van der Waals surface area contributed by atoms with Crippen molar-refractivity contribution in [3.63, 3.8) is 0 Å². The molecule has 2 aromatic carbocycles. The molecule has 178 valence electrons. The molecule has 0 radical (unpaired) electrons. The first-order valence-electron chi connectivity index (χ1n) is 11.9. The summed E-state index contributed by atoms with van der Waals surface area (Å²) >= 11 is 0. The fourth-order valence-electron chi connectivity index (χ4n) is 5.55. The third-order valence-electron chi connectivity index (χ3n) is 7.39. The van der Waals surface area contributed by atoms with Crippen molar-refractivity contribution in [3.05, 3.63) is 65.9 Å². The van der Waals surface area contributed by atoms with Crippen molar-refractivity contribution in [2.45, 2.75) is 24.8 Å². The molecular formula is C27H32N4O3. The summed E-state index contributed by atoms with van der Waals surface area (Å²) in [6.45, 7) is 2.79. The smallest absolute Gasteiger partial charge is 0.251 e. The topological polar surface area (TPSA) is 68.6 Å². The van der Waals surface area contributed by atoms with Crippen LogP contribution in [-0.2, 0) is 7.05 Å². The molecule has 2 bridgehead atoms. The maximum atomic E-state index is 12.5. The lowest BCUT2D eigenvalue weighted by Gasteiger charge is -2.50. The van der Waals surface area contributed by atoms with Crippen LogP contribution in [0.5, 0.6) is 11.5 Å². The van der Waals surface area contributed by atoms with Crippen LogP contribution in [-0.4, -0.2) is 60.5 Å². The number of hydrogen-bond acceptors (Lipinski definition) is 5. The van der Waals surface area contributed by atoms with Crippen LogP contribution >= 0.6 is 0 Å². The van der Waals surface area contributed by atoms with Crippen molar-refractivity contribution in [1.29, 1.82) is 0 Å². The number of carbonyl (C=O) groups is 1. The molecule has 6 rings (SSSR count). The number of aromatic nitrogens is 2. The zero-order chi connectivity index (χ0) is 23.7. The van der Waals surface area contributed by atoms with E-state index in [-0.39, 0.29) is 5.91 Å². The number of hydrogen-bond donors (Lipinski definition) is 1. The number of fused-ring (bicyclic) bond motifs is 3. The second-order valence-electron chi connectivity index (χ2n) is 9.26. The van der Waals surface area contributed by atoms with Gasteiger partial charge in [0.2, 0.25) is 0 Å². The van der Waals surface area contributed by atoms with Crippen LogP contribution in [0.2, 0.25) is 0 Å². The second-order valence-corrected chi connectivity index (χ2v) is 9.26. The lowest BCUT2D eigenvalue weighted by Crippen LogP contribution is -2.56. The number of aryl methyl sites for hydroxylation is 1. The molecule has 1 aromatic heterocycles. The van der Waals surface area contributed by atoms with Crippen LogP contribution in [0.15, 0.2) is 54.6 Å². The first-order chi connectivity index (χ1) is 16.6. The van der Waals surface area contributed by atoms with Crippen LogP contribution in [0.3, 0.4) is 0 Å². The minimum absolute atomic E-state index is 0.00555. The highest BCUT2D eigenvalue weighted by molar-refractivity contribution is 5.94. The highest BCUT2D eigenvalue weighted by Crippen LogP contribution is 2.42. The fourth-order valence-corrected chi connectivity index (χ4v) is 5.55. The minimum Gasteiger partial charge on any atom is -0.493 e. The SMILES string of the molecule is COc1ccc(-c2cc([C@H]3CN4CC[C@H]3C[C@@H]4CNC(=O)c3ccccc3)n(C)n2)cc1OC. The van der Waals surface area contributed by atoms with E-state index in [4.69, 9.17) is 14.6 Å². The molecular weight excluding hydrogens is 428 g/mol. The molecule has 4 atom stereocenters. The van der Waals surface area contributed by atoms with Crippen molar-refractivity contribution in [2.24, 2.45) is 13.0 Å². The average molecular weight is 461 g/mol. The van der Waals surface area contributed by atoms with Crippen molar-refractivity contribution < 1.29 is 14.3 Å². The number of nitrogens with one attached hydrogen (secondary N) is 1. The van der Waals surface area contributed by atoms with E-state index in [0.717, 1.165) is 30.8 Å². The summed E-state index contributed by atoms with van der Waals surface area (Å²) in [5, 5.41) is 7.97. The van der Waals surface area contributed by atoms with Gasteiger partial charge < -0.3 is 14.8 Å². The van der Waals surface area contributed by atoms with E-state index in [0.29, 0.717) is 41.5 Å². The second kappa shape index (κ2) is 9.50. The van der Waals surface area contributed by atoms with E-state index in [1.807, 2.05) is 60.3 Å². The van der Waals surface area contributed by atoms with Gasteiger partial charge in [0.1, 0.15) is 0 Å². The molecule has 34 heavy (non-hydrogen) atoms. The van der Waals surface area contributed by atoms with E-state index in [9.17, 15) is 4.79 Å². The van der Waals surface area contributed by atoms with Crippen molar-refractivity contribution in [3.8, 4) is 22.8 Å². The molecule has 4 heterocycles. The van der Waals surface area contributed by atoms with Gasteiger partial charge in [0.25, 0.3) is 5.91 Å². The van der Waals surface area contributed by atoms with Gasteiger partial charge in [-0.15, -0.1) is 0 Å². The molecule has 7 nitrogen and oxygen atoms in total. The predicted octanol–water partition coefficient (Wildman–Crippen LogP) is 3.71. The molecule has 3 aliphatic rings. The van der Waals surface area contributed by atoms with Crippen LogP contribution in [0, 0.1) is 5.92 Å². The summed E-state index contributed by atoms with van der Waals surface area (Å²) in [4.78, 5) is 15.0. The lowest BCUT2D eigenvalue weighted by atomic mass is 9.74. The number of methoxy groups -OCH3 is 2. The first kappa shape index (κ1) is 22.5. The molecule has 1 N–H and O–H groups in total. The fraction of sp³-hybridized carbons (Fsp3) is 0.407. The number of carbonyl (C=O) groups excluding carboxylic acids is 1. The Balaban J connectivity index is 1.28. The van der Waals surface area contributed by atoms with E-state index >= 15 is 0 Å². The van der Waals surface area contributed by atoms with Gasteiger partial charge in [-0.3, -0.25) is 14.4 Å². The van der Waals surface area contributed by atoms with Gasteiger partial charge in [-0.2, -0.15) is 5.10 Å². The quantitative estimate of drug-likeness (QED) is 0.582. The monoisotopic (exact) mass is 460 g/mol. The summed E-state index contributed by atoms with van der Waals surface area (Å²) in [6.07, 6.45) is 2.28. The van der Waals surface area contributed by atoms with Gasteiger partial charge in [-0.05, 0) is 61.7 Å². The Morgan fingerprint density at radius 2 is 1.88 bits per heavy atom. The lowest BCUT2D eigenvalue weighted by molar-refractivity contribution is 0.0280. The molecule has 3 aromatic rings. The maximum Gasteiger partial charge on any atom is 0.251 e. The van der Waals surface area contributed by atoms with Crippen molar-refractivity contribution in [1.82, 2.24) is 20.0 Å². The Hall–Kier alpha value is -3.32. The average Bonchev–Trinajstić information content (AvgIpc) is 3.29. The zero-order valence-electron chi connectivity index (χ0n) is 20.0. The largest absolute Gasteiger partial charge is 0.493 e. The standard InChI is InChI=1S/C27H32N4O3/c1-30-24(15-23(29-30)20-9-10-25(33-2)26(14-20)34-3)22-17-31-12-11-19(22)13-21(31)16-28-27(32)18-7-5-4-6-8-18/h4-10,14-15,19,21-22H,11-13,16-17H2,1-3H3,(H,28,32)/t19-,21+,22-/m0/s1. The molecule has 3 fully saturated rings. The summed E-state index contributed by atoms with van der Waals surface area (Å²) in [6, 6.07) is 18.0. The number of amides is 1. The van der Waals surface area contributed by atoms with Crippen molar-refractivity contribution in [2.75, 3.05) is 33.9 Å². The van der Waals surface area contributed by atoms with Gasteiger partial charge in [0.05, 0.1) is 19.9 Å². The minimum atomic E-state index is 0.00555. The number of benzene rings is 2. The van der Waals surface area contributed by atoms with Crippen LogP contribution in [0.4, 0.5) is 0 Å². The van der Waals surface area contributed by atoms with Crippen molar-refractivity contribution >= 4 is 5.91 Å². The summed E-state index contributed by atoms with van der Waals surface area (Å²) < 4.78 is 12.9. The number of nitrogens with zero attached hydrogens (tertiary/aromatic N) is 3. The van der Waals surface area contributed by atoms with E-state index in [1.54, 1.807) is 14.2 Å². The Bertz CT molecular complexity index is 1160. The van der Waals surface area contributed by atoms with Gasteiger partial charge in [-0.25, -0.2) is 0 Å². The third kappa shape index (κ3) is 4.28. The molecule has 1 amide bonds. The maximum absolute atomic E-state index is 12.5. The van der Waals surface area contributed by atoms with Crippen LogP contribution in [0.25, 0.3) is 11.3 Å². The Kier molecular flexibility index (Phi) is 6.28. The Morgan fingerprint density at radius 1 is 1.09 bits per heavy atom. The molecule has 0 spiro atoms. The van der Waals surface area contributed by atoms with Gasteiger partial charge in [0.15, 0.2) is 11.5 Å².